The van der Waals surface area contributed by atoms with Crippen molar-refractivity contribution >= 4 is 5.69 Å². The monoisotopic (exact) mass is 300 g/mol. The summed E-state index contributed by atoms with van der Waals surface area (Å²) < 4.78 is 49.7. The molecule has 0 unspecified atom stereocenters. The van der Waals surface area contributed by atoms with Gasteiger partial charge in [0.2, 0.25) is 0 Å². The molecule has 21 heavy (non-hydrogen) atoms. The van der Waals surface area contributed by atoms with Gasteiger partial charge in [-0.3, -0.25) is 0 Å². The van der Waals surface area contributed by atoms with E-state index in [2.05, 4.69) is 5.32 Å². The van der Waals surface area contributed by atoms with Gasteiger partial charge in [-0.15, -0.1) is 0 Å². The number of nitrogens with one attached hydrogen (secondary N) is 1. The molecule has 1 aliphatic rings. The average molecular weight is 300 g/mol. The summed E-state index contributed by atoms with van der Waals surface area (Å²) >= 11 is 0. The third-order valence-electron chi connectivity index (χ3n) is 3.25. The predicted molar refractivity (Wildman–Crippen MR) is 69.6 cm³/mol. The van der Waals surface area contributed by atoms with Crippen LogP contribution in [0.25, 0.3) is 0 Å². The number of hydrogen-bond acceptors (Lipinski definition) is 4. The molecular formula is C14H15F3N2O2. The number of benzene rings is 1. The third-order valence-corrected chi connectivity index (χ3v) is 3.25. The minimum Gasteiger partial charge on any atom is -0.384 e. The van der Waals surface area contributed by atoms with Crippen molar-refractivity contribution in [2.45, 2.75) is 25.3 Å². The van der Waals surface area contributed by atoms with E-state index in [1.165, 1.54) is 12.1 Å². The number of alkyl halides is 3. The molecule has 0 amide bonds. The second-order valence-electron chi connectivity index (χ2n) is 4.88. The van der Waals surface area contributed by atoms with Crippen molar-refractivity contribution < 1.29 is 22.6 Å². The Hall–Kier alpha value is -1.78. The second kappa shape index (κ2) is 5.92. The normalized spacial score (nSPS) is 17.5. The van der Waals surface area contributed by atoms with Gasteiger partial charge in [-0.2, -0.15) is 18.4 Å². The van der Waals surface area contributed by atoms with E-state index in [1.54, 1.807) is 13.0 Å². The number of hydrogen-bond donors (Lipinski definition) is 1. The number of ether oxygens (including phenoxy) is 2. The first-order valence-electron chi connectivity index (χ1n) is 6.47. The van der Waals surface area contributed by atoms with E-state index in [1.807, 2.05) is 0 Å². The van der Waals surface area contributed by atoms with Gasteiger partial charge in [0.05, 0.1) is 30.4 Å². The Bertz CT molecular complexity index is 546. The fourth-order valence-electron chi connectivity index (χ4n) is 2.13. The molecule has 1 aromatic rings. The highest BCUT2D eigenvalue weighted by Gasteiger charge is 2.34. The molecule has 0 aliphatic carbocycles. The molecule has 0 atom stereocenters. The lowest BCUT2D eigenvalue weighted by Crippen LogP contribution is -2.28. The van der Waals surface area contributed by atoms with E-state index in [4.69, 9.17) is 14.7 Å². The van der Waals surface area contributed by atoms with Crippen LogP contribution in [0.2, 0.25) is 0 Å². The summed E-state index contributed by atoms with van der Waals surface area (Å²) in [5.41, 5.74) is -0.926. The minimum absolute atomic E-state index is 0.0257. The molecular weight excluding hydrogens is 285 g/mol. The molecule has 1 saturated heterocycles. The van der Waals surface area contributed by atoms with Crippen LogP contribution < -0.4 is 5.32 Å². The Labute approximate surface area is 120 Å². The zero-order chi connectivity index (χ0) is 15.5. The summed E-state index contributed by atoms with van der Waals surface area (Å²) in [6.07, 6.45) is -4.09. The number of halogens is 3. The summed E-state index contributed by atoms with van der Waals surface area (Å²) in [6.45, 7) is 3.00. The Morgan fingerprint density at radius 1 is 1.33 bits per heavy atom. The number of anilines is 1. The molecule has 0 radical (unpaired) electrons. The van der Waals surface area contributed by atoms with Crippen molar-refractivity contribution in [1.82, 2.24) is 0 Å². The molecule has 0 saturated carbocycles. The lowest BCUT2D eigenvalue weighted by molar-refractivity contribution is -0.144. The largest absolute Gasteiger partial charge is 0.418 e. The maximum absolute atomic E-state index is 13.0. The average Bonchev–Trinajstić information content (AvgIpc) is 2.85. The number of rotatable bonds is 4. The van der Waals surface area contributed by atoms with Gasteiger partial charge in [0.1, 0.15) is 0 Å². The Balaban J connectivity index is 2.07. The van der Waals surface area contributed by atoms with Crippen LogP contribution in [0.15, 0.2) is 18.2 Å². The van der Waals surface area contributed by atoms with E-state index < -0.39 is 17.5 Å². The van der Waals surface area contributed by atoms with Crippen LogP contribution in [0.4, 0.5) is 18.9 Å². The molecule has 0 spiro atoms. The fraction of sp³-hybridized carbons (Fsp3) is 0.500. The van der Waals surface area contributed by atoms with Crippen LogP contribution in [-0.4, -0.2) is 25.5 Å². The summed E-state index contributed by atoms with van der Waals surface area (Å²) in [6, 6.07) is 5.16. The molecule has 1 aliphatic heterocycles. The highest BCUT2D eigenvalue weighted by atomic mass is 19.4. The van der Waals surface area contributed by atoms with E-state index in [0.717, 1.165) is 6.07 Å². The summed E-state index contributed by atoms with van der Waals surface area (Å²) in [4.78, 5) is 0. The van der Waals surface area contributed by atoms with Crippen LogP contribution in [0.1, 0.15) is 24.5 Å². The van der Waals surface area contributed by atoms with Crippen molar-refractivity contribution in [1.29, 1.82) is 5.26 Å². The predicted octanol–water partition coefficient (Wildman–Crippen LogP) is 3.14. The molecule has 2 rings (SSSR count). The fourth-order valence-corrected chi connectivity index (χ4v) is 2.13. The second-order valence-corrected chi connectivity index (χ2v) is 4.88. The highest BCUT2D eigenvalue weighted by molar-refractivity contribution is 5.56. The van der Waals surface area contributed by atoms with Gasteiger partial charge in [0.25, 0.3) is 0 Å². The molecule has 4 nitrogen and oxygen atoms in total. The molecule has 1 aromatic carbocycles. The van der Waals surface area contributed by atoms with Crippen molar-refractivity contribution in [2.24, 2.45) is 0 Å². The zero-order valence-electron chi connectivity index (χ0n) is 11.5. The van der Waals surface area contributed by atoms with E-state index in [0.29, 0.717) is 19.6 Å². The van der Waals surface area contributed by atoms with Crippen molar-refractivity contribution in [2.75, 3.05) is 25.1 Å². The Kier molecular flexibility index (Phi) is 4.40. The van der Waals surface area contributed by atoms with Gasteiger partial charge in [-0.1, -0.05) is 0 Å². The van der Waals surface area contributed by atoms with Gasteiger partial charge in [-0.25, -0.2) is 0 Å². The first kappa shape index (κ1) is 15.6. The van der Waals surface area contributed by atoms with Crippen LogP contribution in [0.3, 0.4) is 0 Å². The molecule has 0 bridgehead atoms. The molecule has 1 fully saturated rings. The van der Waals surface area contributed by atoms with Crippen LogP contribution >= 0.6 is 0 Å². The summed E-state index contributed by atoms with van der Waals surface area (Å²) in [7, 11) is 0. The number of nitriles is 1. The molecule has 1 N–H and O–H groups in total. The van der Waals surface area contributed by atoms with Crippen molar-refractivity contribution in [3.05, 3.63) is 29.3 Å². The van der Waals surface area contributed by atoms with Crippen molar-refractivity contribution in [3.63, 3.8) is 0 Å². The Morgan fingerprint density at radius 2 is 2.00 bits per heavy atom. The molecule has 7 heteroatoms. The minimum atomic E-state index is -4.51. The van der Waals surface area contributed by atoms with Gasteiger partial charge in [-0.05, 0) is 25.1 Å². The lowest BCUT2D eigenvalue weighted by Gasteiger charge is -2.23. The maximum Gasteiger partial charge on any atom is 0.418 e. The van der Waals surface area contributed by atoms with Gasteiger partial charge in [0, 0.05) is 18.7 Å². The summed E-state index contributed by atoms with van der Waals surface area (Å²) in [5.74, 6) is -0.752. The van der Waals surface area contributed by atoms with E-state index >= 15 is 0 Å². The van der Waals surface area contributed by atoms with Crippen LogP contribution in [0, 0.1) is 11.3 Å². The summed E-state index contributed by atoms with van der Waals surface area (Å²) in [5, 5.41) is 11.4. The quantitative estimate of drug-likeness (QED) is 0.928. The van der Waals surface area contributed by atoms with Crippen LogP contribution in [-0.2, 0) is 15.7 Å². The molecule has 1 heterocycles. The molecule has 114 valence electrons. The maximum atomic E-state index is 13.0. The third kappa shape index (κ3) is 3.86. The van der Waals surface area contributed by atoms with E-state index in [9.17, 15) is 13.2 Å². The first-order chi connectivity index (χ1) is 9.84. The SMILES string of the molecule is CC1(CCNc2ccc(C#N)cc2C(F)(F)F)OCCO1. The lowest BCUT2D eigenvalue weighted by atomic mass is 10.1. The topological polar surface area (TPSA) is 54.3 Å². The standard InChI is InChI=1S/C14H15F3N2O2/c1-13(20-6-7-21-13)4-5-19-12-3-2-10(9-18)8-11(12)14(15,16)17/h2-3,8,19H,4-7H2,1H3. The van der Waals surface area contributed by atoms with E-state index in [-0.39, 0.29) is 17.8 Å². The van der Waals surface area contributed by atoms with Crippen LogP contribution in [0.5, 0.6) is 0 Å². The Morgan fingerprint density at radius 3 is 2.57 bits per heavy atom. The zero-order valence-corrected chi connectivity index (χ0v) is 11.5. The van der Waals surface area contributed by atoms with Gasteiger partial charge in [0.15, 0.2) is 5.79 Å². The van der Waals surface area contributed by atoms with Crippen molar-refractivity contribution in [3.8, 4) is 6.07 Å². The smallest absolute Gasteiger partial charge is 0.384 e. The first-order valence-corrected chi connectivity index (χ1v) is 6.47. The highest BCUT2D eigenvalue weighted by Crippen LogP contribution is 2.35. The molecule has 0 aromatic heterocycles. The van der Waals surface area contributed by atoms with Gasteiger partial charge >= 0.3 is 6.18 Å². The number of nitrogens with zero attached hydrogens (tertiary/aromatic N) is 1. The van der Waals surface area contributed by atoms with Gasteiger partial charge < -0.3 is 14.8 Å².